The van der Waals surface area contributed by atoms with Gasteiger partial charge in [0.25, 0.3) is 0 Å². The fraction of sp³-hybridized carbons (Fsp3) is 0. The molecule has 1 aliphatic rings. The van der Waals surface area contributed by atoms with E-state index in [2.05, 4.69) is 42.3 Å². The predicted molar refractivity (Wildman–Crippen MR) is 63.5 cm³/mol. The fourth-order valence-electron chi connectivity index (χ4n) is 1.16. The van der Waals surface area contributed by atoms with Gasteiger partial charge in [0.2, 0.25) is 0 Å². The van der Waals surface area contributed by atoms with Crippen LogP contribution in [0.25, 0.3) is 6.08 Å². The minimum absolute atomic E-state index is 0.174. The molecule has 0 aromatic heterocycles. The molecule has 5 heteroatoms. The van der Waals surface area contributed by atoms with E-state index >= 15 is 0 Å². The Morgan fingerprint density at radius 1 is 1.33 bits per heavy atom. The summed E-state index contributed by atoms with van der Waals surface area (Å²) in [6, 6.07) is 7.67. The van der Waals surface area contributed by atoms with Crippen LogP contribution >= 0.6 is 15.9 Å². The number of halogens is 1. The van der Waals surface area contributed by atoms with Crippen LogP contribution < -0.4 is 5.32 Å². The third-order valence-electron chi connectivity index (χ3n) is 1.85. The van der Waals surface area contributed by atoms with E-state index in [1.54, 1.807) is 6.08 Å². The van der Waals surface area contributed by atoms with Gasteiger partial charge in [-0.3, -0.25) is 0 Å². The number of benzene rings is 1. The number of aliphatic imine (C=N–C) groups is 1. The van der Waals surface area contributed by atoms with Gasteiger partial charge >= 0.3 is 104 Å². The van der Waals surface area contributed by atoms with Crippen LogP contribution in [0, 0.1) is 0 Å². The first-order valence-electron chi connectivity index (χ1n) is 4.19. The van der Waals surface area contributed by atoms with Gasteiger partial charge in [-0.1, -0.05) is 0 Å². The van der Waals surface area contributed by atoms with Gasteiger partial charge in [0.15, 0.2) is 0 Å². The van der Waals surface area contributed by atoms with Gasteiger partial charge < -0.3 is 0 Å². The number of hydrogen-bond acceptors (Lipinski definition) is 2. The molecule has 0 unspecified atom stereocenters. The molecule has 0 saturated carbocycles. The maximum absolute atomic E-state index is 11.3. The zero-order valence-electron chi connectivity index (χ0n) is 7.53. The summed E-state index contributed by atoms with van der Waals surface area (Å²) in [6.07, 6.45) is 1.74. The molecular formula is C10H6BrN2OSe. The number of nitrogens with one attached hydrogen (secondary N) is 1. The third kappa shape index (κ3) is 2.56. The van der Waals surface area contributed by atoms with Crippen molar-refractivity contribution in [2.75, 3.05) is 0 Å². The summed E-state index contributed by atoms with van der Waals surface area (Å²) in [5.41, 5.74) is 1.37. The SMILES string of the molecule is O=C1NC([Se])=N/C1=C/c1ccc(Br)cc1. The molecule has 15 heavy (non-hydrogen) atoms. The van der Waals surface area contributed by atoms with E-state index in [-0.39, 0.29) is 5.91 Å². The molecule has 1 N–H and O–H groups in total. The summed E-state index contributed by atoms with van der Waals surface area (Å²) < 4.78 is 1.52. The summed E-state index contributed by atoms with van der Waals surface area (Å²) in [6.45, 7) is 0. The maximum atomic E-state index is 11.3. The first-order chi connectivity index (χ1) is 7.15. The summed E-state index contributed by atoms with van der Waals surface area (Å²) in [5, 5.41) is 2.58. The average molecular weight is 329 g/mol. The van der Waals surface area contributed by atoms with Gasteiger partial charge in [0.1, 0.15) is 0 Å². The Morgan fingerprint density at radius 2 is 2.00 bits per heavy atom. The van der Waals surface area contributed by atoms with E-state index in [1.807, 2.05) is 24.3 Å². The zero-order valence-corrected chi connectivity index (χ0v) is 10.8. The molecule has 0 aliphatic carbocycles. The monoisotopic (exact) mass is 329 g/mol. The molecule has 0 fully saturated rings. The van der Waals surface area contributed by atoms with Gasteiger partial charge in [-0.05, 0) is 0 Å². The quantitative estimate of drug-likeness (QED) is 0.615. The number of amidine groups is 1. The Balaban J connectivity index is 2.31. The summed E-state index contributed by atoms with van der Waals surface area (Å²) in [4.78, 5) is 15.4. The van der Waals surface area contributed by atoms with Gasteiger partial charge in [-0.2, -0.15) is 0 Å². The number of nitrogens with zero attached hydrogens (tertiary/aromatic N) is 1. The molecule has 1 aromatic rings. The van der Waals surface area contributed by atoms with Crippen LogP contribution in [0.2, 0.25) is 0 Å². The molecule has 0 atom stereocenters. The van der Waals surface area contributed by atoms with Crippen LogP contribution in [-0.4, -0.2) is 26.7 Å². The number of carbonyl (C=O) groups is 1. The minimum atomic E-state index is -0.174. The standard InChI is InChI=1S/C10H6BrN2OSe/c11-7-3-1-6(2-4-7)5-8-9(14)13-10(15)12-8/h1-5H,(H,12,13,14)/b8-5+. The van der Waals surface area contributed by atoms with Gasteiger partial charge in [-0.15, -0.1) is 0 Å². The summed E-state index contributed by atoms with van der Waals surface area (Å²) in [5.74, 6) is -0.174. The predicted octanol–water partition coefficient (Wildman–Crippen LogP) is 1.44. The second-order valence-corrected chi connectivity index (χ2v) is 4.68. The van der Waals surface area contributed by atoms with Crippen molar-refractivity contribution in [1.82, 2.24) is 5.32 Å². The number of amides is 1. The second-order valence-electron chi connectivity index (χ2n) is 2.95. The van der Waals surface area contributed by atoms with Crippen molar-refractivity contribution in [3.8, 4) is 0 Å². The van der Waals surface area contributed by atoms with Crippen molar-refractivity contribution in [2.45, 2.75) is 0 Å². The first kappa shape index (κ1) is 10.6. The van der Waals surface area contributed by atoms with Gasteiger partial charge in [0, 0.05) is 0 Å². The fourth-order valence-corrected chi connectivity index (χ4v) is 1.83. The van der Waals surface area contributed by atoms with Crippen molar-refractivity contribution in [1.29, 1.82) is 0 Å². The van der Waals surface area contributed by atoms with E-state index in [0.29, 0.717) is 10.4 Å². The Kier molecular flexibility index (Phi) is 3.05. The van der Waals surface area contributed by atoms with Crippen LogP contribution in [0.4, 0.5) is 0 Å². The van der Waals surface area contributed by atoms with Crippen molar-refractivity contribution in [3.63, 3.8) is 0 Å². The Morgan fingerprint density at radius 3 is 2.53 bits per heavy atom. The molecule has 1 aromatic carbocycles. The second kappa shape index (κ2) is 4.31. The molecule has 0 spiro atoms. The van der Waals surface area contributed by atoms with E-state index in [1.165, 1.54) is 0 Å². The van der Waals surface area contributed by atoms with E-state index in [9.17, 15) is 4.79 Å². The molecule has 2 rings (SSSR count). The van der Waals surface area contributed by atoms with Crippen LogP contribution in [0.3, 0.4) is 0 Å². The molecule has 1 heterocycles. The van der Waals surface area contributed by atoms with Crippen LogP contribution in [-0.2, 0) is 4.79 Å². The molecule has 1 amide bonds. The van der Waals surface area contributed by atoms with Crippen LogP contribution in [0.1, 0.15) is 5.56 Å². The summed E-state index contributed by atoms with van der Waals surface area (Å²) in [7, 11) is 0. The number of rotatable bonds is 1. The topological polar surface area (TPSA) is 41.5 Å². The Hall–Kier alpha value is -0.901. The number of hydrogen-bond donors (Lipinski definition) is 1. The average Bonchev–Trinajstić information content (AvgIpc) is 2.49. The molecule has 0 saturated heterocycles. The Labute approximate surface area is 104 Å². The third-order valence-corrected chi connectivity index (χ3v) is 2.78. The Bertz CT molecular complexity index is 465. The van der Waals surface area contributed by atoms with E-state index < -0.39 is 0 Å². The van der Waals surface area contributed by atoms with E-state index in [4.69, 9.17) is 0 Å². The number of carbonyl (C=O) groups excluding carboxylic acids is 1. The normalized spacial score (nSPS) is 17.8. The van der Waals surface area contributed by atoms with E-state index in [0.717, 1.165) is 10.0 Å². The zero-order chi connectivity index (χ0) is 10.8. The van der Waals surface area contributed by atoms with Crippen LogP contribution in [0.5, 0.6) is 0 Å². The molecule has 75 valence electrons. The first-order valence-corrected chi connectivity index (χ1v) is 5.84. The van der Waals surface area contributed by atoms with Crippen LogP contribution in [0.15, 0.2) is 39.4 Å². The van der Waals surface area contributed by atoms with Crippen molar-refractivity contribution in [3.05, 3.63) is 40.0 Å². The molecule has 1 aliphatic heterocycles. The molecule has 0 bridgehead atoms. The van der Waals surface area contributed by atoms with Gasteiger partial charge in [0.05, 0.1) is 0 Å². The van der Waals surface area contributed by atoms with Crippen molar-refractivity contribution >= 4 is 48.7 Å². The molecular weight excluding hydrogens is 323 g/mol. The van der Waals surface area contributed by atoms with Crippen molar-refractivity contribution in [2.24, 2.45) is 4.99 Å². The molecule has 3 nitrogen and oxygen atoms in total. The van der Waals surface area contributed by atoms with Gasteiger partial charge in [-0.25, -0.2) is 0 Å². The van der Waals surface area contributed by atoms with Crippen molar-refractivity contribution < 1.29 is 4.79 Å². The molecule has 1 radical (unpaired) electrons. The summed E-state index contributed by atoms with van der Waals surface area (Å²) >= 11 is 6.01.